The first-order valence-electron chi connectivity index (χ1n) is 13.0. The zero-order valence-electron chi connectivity index (χ0n) is 21.9. The van der Waals surface area contributed by atoms with E-state index < -0.39 is 54.5 Å². The molecule has 18 heteroatoms. The molecule has 0 spiro atoms. The molecule has 4 saturated heterocycles. The summed E-state index contributed by atoms with van der Waals surface area (Å²) < 4.78 is 5.10. The average Bonchev–Trinajstić information content (AvgIpc) is 2.93. The summed E-state index contributed by atoms with van der Waals surface area (Å²) in [6.45, 7) is 2.36. The van der Waals surface area contributed by atoms with E-state index in [1.54, 1.807) is 9.80 Å². The highest BCUT2D eigenvalue weighted by Gasteiger charge is 2.43. The molecule has 4 rings (SSSR count). The molecule has 0 aromatic carbocycles. The van der Waals surface area contributed by atoms with E-state index in [1.807, 2.05) is 9.80 Å². The Kier molecular flexibility index (Phi) is 10.6. The molecule has 5 N–H and O–H groups in total. The summed E-state index contributed by atoms with van der Waals surface area (Å²) in [5.74, 6) is -2.81. The third kappa shape index (κ3) is 8.49. The number of ether oxygens (including phenoxy) is 1. The Hall–Kier alpha value is -2.52. The molecule has 7 unspecified atom stereocenters. The lowest BCUT2D eigenvalue weighted by Gasteiger charge is -2.38. The van der Waals surface area contributed by atoms with Gasteiger partial charge in [-0.3, -0.25) is 38.9 Å². The van der Waals surface area contributed by atoms with E-state index in [0.717, 1.165) is 0 Å². The highest BCUT2D eigenvalue weighted by atomic mass is 17.2. The molecule has 0 saturated carbocycles. The molecule has 0 aromatic rings. The summed E-state index contributed by atoms with van der Waals surface area (Å²) in [4.78, 5) is 72.3. The summed E-state index contributed by atoms with van der Waals surface area (Å²) in [6, 6.07) is 0. The molecule has 18 nitrogen and oxygen atoms in total. The van der Waals surface area contributed by atoms with Gasteiger partial charge in [-0.15, -0.1) is 0 Å². The van der Waals surface area contributed by atoms with Gasteiger partial charge < -0.3 is 30.5 Å². The van der Waals surface area contributed by atoms with Crippen LogP contribution >= 0.6 is 0 Å². The fourth-order valence-corrected chi connectivity index (χ4v) is 4.72. The van der Waals surface area contributed by atoms with Crippen molar-refractivity contribution in [1.82, 2.24) is 30.3 Å². The van der Waals surface area contributed by atoms with Crippen LogP contribution in [0.25, 0.3) is 0 Å². The van der Waals surface area contributed by atoms with Crippen molar-refractivity contribution in [3.63, 3.8) is 0 Å². The zero-order chi connectivity index (χ0) is 28.8. The average molecular weight is 577 g/mol. The van der Waals surface area contributed by atoms with Crippen molar-refractivity contribution >= 4 is 23.8 Å². The largest absolute Gasteiger partial charge is 0.388 e. The zero-order valence-corrected chi connectivity index (χ0v) is 21.9. The topological polar surface area (TPSA) is 214 Å². The van der Waals surface area contributed by atoms with Crippen molar-refractivity contribution in [3.8, 4) is 0 Å². The van der Waals surface area contributed by atoms with Crippen LogP contribution in [0.15, 0.2) is 0 Å². The molecule has 0 aliphatic carbocycles. The van der Waals surface area contributed by atoms with Gasteiger partial charge in [0.2, 0.25) is 11.3 Å². The maximum atomic E-state index is 12.8. The molecule has 0 radical (unpaired) electrons. The maximum absolute atomic E-state index is 12.8. The smallest absolute Gasteiger partial charge is 0.346 e. The molecule has 4 fully saturated rings. The van der Waals surface area contributed by atoms with Crippen LogP contribution in [0.4, 0.5) is 0 Å². The molecule has 4 aliphatic rings. The lowest BCUT2D eigenvalue weighted by molar-refractivity contribution is -0.464. The summed E-state index contributed by atoms with van der Waals surface area (Å²) in [6.07, 6.45) is -7.69. The summed E-state index contributed by atoms with van der Waals surface area (Å²) in [5.41, 5.74) is 0. The molecule has 226 valence electrons. The van der Waals surface area contributed by atoms with Crippen LogP contribution in [-0.2, 0) is 38.4 Å². The molecule has 7 atom stereocenters. The molecular weight excluding hydrogens is 540 g/mol. The van der Waals surface area contributed by atoms with Gasteiger partial charge in [0.05, 0.1) is 26.2 Å². The molecule has 4 heterocycles. The number of aliphatic hydroxyl groups excluding tert-OH is 4. The van der Waals surface area contributed by atoms with Gasteiger partial charge in [0, 0.05) is 58.9 Å². The molecule has 4 aliphatic heterocycles. The van der Waals surface area contributed by atoms with E-state index >= 15 is 0 Å². The van der Waals surface area contributed by atoms with Crippen LogP contribution in [0.1, 0.15) is 0 Å². The van der Waals surface area contributed by atoms with Crippen molar-refractivity contribution in [2.75, 3.05) is 85.1 Å². The Morgan fingerprint density at radius 2 is 1.15 bits per heavy atom. The van der Waals surface area contributed by atoms with E-state index in [-0.39, 0.29) is 38.1 Å². The Morgan fingerprint density at radius 1 is 0.700 bits per heavy atom. The van der Waals surface area contributed by atoms with Crippen molar-refractivity contribution in [3.05, 3.63) is 0 Å². The van der Waals surface area contributed by atoms with Gasteiger partial charge in [-0.1, -0.05) is 0 Å². The van der Waals surface area contributed by atoms with Gasteiger partial charge in [0.1, 0.15) is 24.4 Å². The lowest BCUT2D eigenvalue weighted by Crippen LogP contribution is -2.60. The quantitative estimate of drug-likeness (QED) is 0.210. The Balaban J connectivity index is 1.43. The van der Waals surface area contributed by atoms with Gasteiger partial charge in [0.25, 0.3) is 0 Å². The first kappa shape index (κ1) is 30.4. The number of rotatable bonds is 4. The lowest BCUT2D eigenvalue weighted by atomic mass is 9.99. The first-order chi connectivity index (χ1) is 19.1. The second-order valence-electron chi connectivity index (χ2n) is 10.1. The van der Waals surface area contributed by atoms with E-state index in [2.05, 4.69) is 5.32 Å². The predicted octanol–water partition coefficient (Wildman–Crippen LogP) is -6.17. The van der Waals surface area contributed by atoms with Crippen molar-refractivity contribution < 1.29 is 58.9 Å². The minimum Gasteiger partial charge on any atom is -0.388 e. The van der Waals surface area contributed by atoms with Gasteiger partial charge in [-0.05, 0) is 0 Å². The second-order valence-corrected chi connectivity index (χ2v) is 10.1. The van der Waals surface area contributed by atoms with Gasteiger partial charge >= 0.3 is 17.9 Å². The van der Waals surface area contributed by atoms with E-state index in [9.17, 15) is 39.6 Å². The number of carbonyl (C=O) groups excluding carboxylic acids is 4. The minimum atomic E-state index is -1.71. The number of fused-ring (bicyclic) bond motifs is 7. The number of nitrogens with one attached hydrogen (secondary N) is 1. The normalized spacial score (nSPS) is 38.5. The molecule has 40 heavy (non-hydrogen) atoms. The Bertz CT molecular complexity index is 893. The summed E-state index contributed by atoms with van der Waals surface area (Å²) in [5, 5.41) is 42.0. The third-order valence-electron chi connectivity index (χ3n) is 7.07. The summed E-state index contributed by atoms with van der Waals surface area (Å²) >= 11 is 0. The van der Waals surface area contributed by atoms with Crippen LogP contribution < -0.4 is 5.32 Å². The van der Waals surface area contributed by atoms with E-state index in [1.165, 1.54) is 0 Å². The van der Waals surface area contributed by atoms with Crippen LogP contribution in [0.3, 0.4) is 0 Å². The summed E-state index contributed by atoms with van der Waals surface area (Å²) in [7, 11) is 0. The SMILES string of the molecule is O=C(CN1CCN2CCN3CCN(CC1)CC(=O)ON(OC(=O)C2)OC(=O)C3)NCC1OC(O)C(O)C(O)C1O. The molecule has 1 amide bonds. The second kappa shape index (κ2) is 13.9. The fourth-order valence-electron chi connectivity index (χ4n) is 4.72. The Labute approximate surface area is 229 Å². The number of amides is 1. The highest BCUT2D eigenvalue weighted by molar-refractivity contribution is 5.78. The van der Waals surface area contributed by atoms with Crippen molar-refractivity contribution in [1.29, 1.82) is 0 Å². The molecule has 4 bridgehead atoms. The maximum Gasteiger partial charge on any atom is 0.346 e. The van der Waals surface area contributed by atoms with E-state index in [0.29, 0.717) is 52.4 Å². The van der Waals surface area contributed by atoms with Crippen molar-refractivity contribution in [2.24, 2.45) is 0 Å². The number of carbonyl (C=O) groups is 4. The monoisotopic (exact) mass is 576 g/mol. The van der Waals surface area contributed by atoms with Crippen LogP contribution in [-0.4, -0.2) is 185 Å². The fraction of sp³-hybridized carbons (Fsp3) is 0.818. The van der Waals surface area contributed by atoms with Crippen molar-refractivity contribution in [2.45, 2.75) is 30.7 Å². The number of hydrogen-bond donors (Lipinski definition) is 5. The number of hydrogen-bond acceptors (Lipinski definition) is 17. The van der Waals surface area contributed by atoms with Gasteiger partial charge in [-0.2, -0.15) is 0 Å². The first-order valence-corrected chi connectivity index (χ1v) is 13.0. The molecular formula is C22H36N6O12. The number of nitrogens with zero attached hydrogens (tertiary/aromatic N) is 5. The van der Waals surface area contributed by atoms with Gasteiger partial charge in [-0.25, -0.2) is 14.4 Å². The number of aliphatic hydroxyl groups is 4. The molecule has 0 aromatic heterocycles. The van der Waals surface area contributed by atoms with Gasteiger partial charge in [0.15, 0.2) is 6.29 Å². The third-order valence-corrected chi connectivity index (χ3v) is 7.07. The minimum absolute atomic E-state index is 0.0740. The predicted molar refractivity (Wildman–Crippen MR) is 128 cm³/mol. The van der Waals surface area contributed by atoms with Crippen LogP contribution in [0.5, 0.6) is 0 Å². The standard InChI is InChI=1S/C22H36N6O12/c29-15(23-9-14-19(33)20(34)21(35)22(36)37-14)10-24-1-3-25-5-7-27-8-6-26(4-2-24)12-17(31)39-28(38-16(30)11-25)40-18(32)13-27/h14,19-22,33-36H,1-13H2,(H,23,29). The van der Waals surface area contributed by atoms with E-state index in [4.69, 9.17) is 19.2 Å². The highest BCUT2D eigenvalue weighted by Crippen LogP contribution is 2.19. The van der Waals surface area contributed by atoms with Crippen LogP contribution in [0.2, 0.25) is 0 Å². The van der Waals surface area contributed by atoms with Crippen LogP contribution in [0, 0.1) is 0 Å². The Morgan fingerprint density at radius 3 is 1.62 bits per heavy atom.